The third-order valence-corrected chi connectivity index (χ3v) is 17.3. The number of hydrogen-bond acceptors (Lipinski definition) is 33. The molecule has 0 saturated carbocycles. The number of anilines is 4. The average Bonchev–Trinajstić information content (AvgIpc) is 2.12. The number of ether oxygens (including phenoxy) is 6. The zero-order valence-corrected chi connectivity index (χ0v) is 48.6. The SMILES string of the molecule is COC1C(O)[C@@H](COP(=O)(O)OC2C(OC)[C@H](n3cnc4c(=O)[nH]c(N)nc43)O[C@@H]2COP(=O)(O)OCC(COP(=O)(O)OC2C(OC)[C@H](n3cnc4c(=O)[nH]c(N)nc43)O[C@@H]2CO)NCc2c[nH]c3c(N)ncnc23)O[C@H]1n1cnc2c(N)ncnc21. The first kappa shape index (κ1) is 62.6. The van der Waals surface area contributed by atoms with E-state index in [0.29, 0.717) is 16.6 Å². The second-order valence-electron chi connectivity index (χ2n) is 19.7. The monoisotopic (exact) mass is 1300 g/mol. The van der Waals surface area contributed by atoms with E-state index < -0.39 is 147 Å². The topological polar surface area (TPSA) is 592 Å². The van der Waals surface area contributed by atoms with Crippen molar-refractivity contribution >= 4 is 91.5 Å². The van der Waals surface area contributed by atoms with Gasteiger partial charge in [-0.05, 0) is 0 Å². The number of imidazole rings is 3. The quantitative estimate of drug-likeness (QED) is 0.0242. The fraction of sp³-hybridized carbons (Fsp3) is 0.512. The molecule has 476 valence electrons. The molecular weight excluding hydrogens is 1240 g/mol. The van der Waals surface area contributed by atoms with Crippen LogP contribution in [-0.4, -0.2) is 214 Å². The Morgan fingerprint density at radius 1 is 0.602 bits per heavy atom. The molecule has 0 aromatic carbocycles. The van der Waals surface area contributed by atoms with Gasteiger partial charge in [0, 0.05) is 39.6 Å². The summed E-state index contributed by atoms with van der Waals surface area (Å²) in [5.74, 6) is -0.417. The number of hydrogen-bond donors (Lipinski definition) is 13. The smallest absolute Gasteiger partial charge is 0.394 e. The highest BCUT2D eigenvalue weighted by atomic mass is 31.2. The van der Waals surface area contributed by atoms with Crippen LogP contribution in [0.15, 0.2) is 47.4 Å². The van der Waals surface area contributed by atoms with Crippen LogP contribution in [0.5, 0.6) is 0 Å². The predicted octanol–water partition coefficient (Wildman–Crippen LogP) is -2.92. The predicted molar refractivity (Wildman–Crippen MR) is 294 cm³/mol. The molecule has 0 radical (unpaired) electrons. The maximum atomic E-state index is 14.0. The normalized spacial score (nSPS) is 27.4. The number of aliphatic hydroxyl groups is 2. The Morgan fingerprint density at radius 2 is 1.09 bits per heavy atom. The van der Waals surface area contributed by atoms with Gasteiger partial charge < -0.3 is 86.5 Å². The van der Waals surface area contributed by atoms with E-state index in [1.807, 2.05) is 0 Å². The molecule has 88 heavy (non-hydrogen) atoms. The third-order valence-electron chi connectivity index (χ3n) is 14.3. The van der Waals surface area contributed by atoms with Crippen molar-refractivity contribution in [2.45, 2.75) is 86.2 Å². The molecule has 0 amide bonds. The average molecular weight is 1300 g/mol. The van der Waals surface area contributed by atoms with Crippen LogP contribution in [0.2, 0.25) is 0 Å². The Kier molecular flexibility index (Phi) is 17.9. The van der Waals surface area contributed by atoms with Gasteiger partial charge in [-0.3, -0.25) is 60.4 Å². The summed E-state index contributed by atoms with van der Waals surface area (Å²) in [7, 11) is -12.3. The van der Waals surface area contributed by atoms with Crippen LogP contribution in [0, 0.1) is 0 Å². The van der Waals surface area contributed by atoms with Crippen LogP contribution in [-0.2, 0) is 75.8 Å². The standard InChI is InChI=1S/C43H57N20O22P3/c1-74-29-26(65)19(82-39(29)61-13-54-23-33(45)52-12-53-34(23)61)9-80-88(72,73)85-28-20(83-41(31(28)76-3)63-15-56-25-36(63)58-43(47)60-38(25)67)10-79-86(68,69)77-7-17(48-4-16-5-49-22-21(16)50-11-51-32(22)44)8-78-87(70,71)84-27-18(6-64)81-40(30(27)75-2)62-14-55-24-35(62)57-42(46)59-37(24)66/h5,11-15,17-20,26-31,39-41,48-49,64-65H,4,6-10H2,1-3H3,(H,68,69)(H,70,71)(H,72,73)(H2,44,50,51)(H2,45,52,53)(H3,46,57,59,66)(H3,47,58,60,67)/t17?,18-,19-,20-,26?,27?,28?,29?,30?,31?,39-,40-,41-/m1/s1. The second-order valence-corrected chi connectivity index (χ2v) is 24.0. The van der Waals surface area contributed by atoms with Gasteiger partial charge in [0.1, 0.15) is 78.6 Å². The molecule has 8 aromatic heterocycles. The van der Waals surface area contributed by atoms with Crippen molar-refractivity contribution in [2.24, 2.45) is 0 Å². The number of aromatic amines is 3. The number of nitrogens with two attached hydrogens (primary N) is 4. The van der Waals surface area contributed by atoms with Gasteiger partial charge in [0.15, 0.2) is 58.3 Å². The van der Waals surface area contributed by atoms with E-state index in [0.717, 1.165) is 13.4 Å². The zero-order valence-electron chi connectivity index (χ0n) is 45.9. The minimum atomic E-state index is -5.36. The number of rotatable bonds is 26. The van der Waals surface area contributed by atoms with Gasteiger partial charge in [-0.2, -0.15) is 9.97 Å². The summed E-state index contributed by atoms with van der Waals surface area (Å²) in [4.78, 5) is 104. The molecule has 17 N–H and O–H groups in total. The van der Waals surface area contributed by atoms with E-state index in [2.05, 4.69) is 65.1 Å². The first-order valence-corrected chi connectivity index (χ1v) is 30.4. The van der Waals surface area contributed by atoms with Crippen molar-refractivity contribution in [2.75, 3.05) is 77.3 Å². The summed E-state index contributed by atoms with van der Waals surface area (Å²) in [6, 6.07) is -1.32. The van der Waals surface area contributed by atoms with Crippen LogP contribution in [0.25, 0.3) is 44.5 Å². The summed E-state index contributed by atoms with van der Waals surface area (Å²) < 4.78 is 114. The van der Waals surface area contributed by atoms with E-state index in [1.165, 1.54) is 59.4 Å². The van der Waals surface area contributed by atoms with Crippen molar-refractivity contribution in [3.63, 3.8) is 0 Å². The Balaban J connectivity index is 0.799. The van der Waals surface area contributed by atoms with E-state index in [-0.39, 0.29) is 63.6 Å². The zero-order chi connectivity index (χ0) is 62.6. The number of nitrogens with one attached hydrogen (secondary N) is 4. The largest absolute Gasteiger partial charge is 0.472 e. The number of nitrogens with zero attached hydrogens (tertiary/aromatic N) is 12. The highest BCUT2D eigenvalue weighted by molar-refractivity contribution is 7.48. The number of nitrogen functional groups attached to an aromatic ring is 4. The molecule has 11 heterocycles. The molecule has 3 fully saturated rings. The molecule has 8 aromatic rings. The summed E-state index contributed by atoms with van der Waals surface area (Å²) in [6.07, 6.45) is -9.39. The van der Waals surface area contributed by atoms with Gasteiger partial charge >= 0.3 is 23.5 Å². The second kappa shape index (κ2) is 25.1. The summed E-state index contributed by atoms with van der Waals surface area (Å²) >= 11 is 0. The lowest BCUT2D eigenvalue weighted by Gasteiger charge is -2.27. The van der Waals surface area contributed by atoms with Crippen molar-refractivity contribution in [1.82, 2.24) is 78.8 Å². The van der Waals surface area contributed by atoms with Crippen LogP contribution < -0.4 is 39.4 Å². The van der Waals surface area contributed by atoms with E-state index >= 15 is 0 Å². The summed E-state index contributed by atoms with van der Waals surface area (Å²) in [5, 5.41) is 24.6. The molecule has 3 saturated heterocycles. The van der Waals surface area contributed by atoms with Crippen LogP contribution in [0.1, 0.15) is 24.2 Å². The molecule has 0 spiro atoms. The van der Waals surface area contributed by atoms with Crippen molar-refractivity contribution in [1.29, 1.82) is 0 Å². The minimum absolute atomic E-state index is 0.0504. The lowest BCUT2D eigenvalue weighted by molar-refractivity contribution is -0.0626. The maximum Gasteiger partial charge on any atom is 0.472 e. The molecule has 0 aliphatic carbocycles. The Hall–Kier alpha value is -6.96. The highest BCUT2D eigenvalue weighted by Crippen LogP contribution is 2.53. The first-order valence-electron chi connectivity index (χ1n) is 26.0. The van der Waals surface area contributed by atoms with Gasteiger partial charge in [0.2, 0.25) is 11.9 Å². The third kappa shape index (κ3) is 12.5. The molecule has 42 nitrogen and oxygen atoms in total. The number of fused-ring (bicyclic) bond motifs is 4. The minimum Gasteiger partial charge on any atom is -0.394 e. The van der Waals surface area contributed by atoms with Crippen LogP contribution in [0.4, 0.5) is 23.5 Å². The Bertz CT molecular complexity index is 4110. The number of methoxy groups -OCH3 is 3. The van der Waals surface area contributed by atoms with E-state index in [4.69, 9.17) is 78.5 Å². The summed E-state index contributed by atoms with van der Waals surface area (Å²) in [6.45, 7) is -4.39. The fourth-order valence-electron chi connectivity index (χ4n) is 10.2. The number of aliphatic hydroxyl groups excluding tert-OH is 2. The van der Waals surface area contributed by atoms with E-state index in [1.54, 1.807) is 0 Å². The molecule has 11 rings (SSSR count). The number of aromatic nitrogens is 15. The van der Waals surface area contributed by atoms with Gasteiger partial charge in [0.25, 0.3) is 11.1 Å². The van der Waals surface area contributed by atoms with Crippen LogP contribution >= 0.6 is 23.5 Å². The molecule has 16 atom stereocenters. The Morgan fingerprint density at radius 3 is 1.69 bits per heavy atom. The molecule has 45 heteroatoms. The lowest BCUT2D eigenvalue weighted by atomic mass is 10.1. The van der Waals surface area contributed by atoms with Gasteiger partial charge in [-0.1, -0.05) is 0 Å². The number of phosphoric ester groups is 3. The lowest BCUT2D eigenvalue weighted by Crippen LogP contribution is -2.39. The van der Waals surface area contributed by atoms with Gasteiger partial charge in [-0.25, -0.2) is 48.6 Å². The van der Waals surface area contributed by atoms with E-state index in [9.17, 15) is 48.2 Å². The van der Waals surface area contributed by atoms with Crippen LogP contribution in [0.3, 0.4) is 0 Å². The molecule has 0 bridgehead atoms. The van der Waals surface area contributed by atoms with Gasteiger partial charge in [0.05, 0.1) is 63.6 Å². The highest BCUT2D eigenvalue weighted by Gasteiger charge is 2.54. The number of H-pyrrole nitrogens is 3. The maximum absolute atomic E-state index is 14.0. The van der Waals surface area contributed by atoms with Crippen molar-refractivity contribution in [3.05, 3.63) is 64.1 Å². The Labute approximate surface area is 490 Å². The van der Waals surface area contributed by atoms with Crippen molar-refractivity contribution < 1.29 is 94.2 Å². The molecular formula is C43H57N20O22P3. The molecule has 3 aliphatic heterocycles. The first-order chi connectivity index (χ1) is 42.0. The van der Waals surface area contributed by atoms with Crippen molar-refractivity contribution in [3.8, 4) is 0 Å². The fourth-order valence-corrected chi connectivity index (χ4v) is 13.0. The molecule has 3 aliphatic rings. The summed E-state index contributed by atoms with van der Waals surface area (Å²) in [5.41, 5.74) is 23.3. The molecule has 10 unspecified atom stereocenters. The van der Waals surface area contributed by atoms with Gasteiger partial charge in [-0.15, -0.1) is 0 Å². The number of phosphoric acid groups is 3.